The van der Waals surface area contributed by atoms with E-state index in [9.17, 15) is 4.39 Å². The molecule has 4 rings (SSSR count). The van der Waals surface area contributed by atoms with Gasteiger partial charge in [-0.15, -0.1) is 0 Å². The lowest BCUT2D eigenvalue weighted by atomic mass is 9.80. The Labute approximate surface area is 153 Å². The molecule has 0 radical (unpaired) electrons. The van der Waals surface area contributed by atoms with E-state index < -0.39 is 5.82 Å². The second kappa shape index (κ2) is 7.68. The highest BCUT2D eigenvalue weighted by molar-refractivity contribution is 5.30. The van der Waals surface area contributed by atoms with Gasteiger partial charge < -0.3 is 9.64 Å². The minimum absolute atomic E-state index is 0.0707. The highest BCUT2D eigenvalue weighted by Crippen LogP contribution is 2.34. The fraction of sp³-hybridized carbons (Fsp3) is 0.500. The van der Waals surface area contributed by atoms with E-state index >= 15 is 0 Å². The zero-order valence-electron chi connectivity index (χ0n) is 15.0. The maximum atomic E-state index is 13.2. The van der Waals surface area contributed by atoms with E-state index in [0.717, 1.165) is 52.2 Å². The number of ether oxygens (including phenoxy) is 1. The largest absolute Gasteiger partial charge is 0.379 e. The predicted octanol–water partition coefficient (Wildman–Crippen LogP) is 2.73. The minimum atomic E-state index is -0.402. The molecule has 1 spiro atoms. The number of halogens is 1. The van der Waals surface area contributed by atoms with Gasteiger partial charge in [0.15, 0.2) is 5.82 Å². The maximum Gasteiger partial charge on any atom is 0.225 e. The molecule has 1 atom stereocenters. The first-order chi connectivity index (χ1) is 12.7. The Balaban J connectivity index is 1.49. The standard InChI is InChI=1S/C20H25FN4O/c21-18-11-22-19(23-12-18)25-9-10-26-16-20(15-25)7-4-8-24(14-20)13-17-5-2-1-3-6-17/h1-3,5-6,11-12H,4,7-10,13-16H2. The van der Waals surface area contributed by atoms with Gasteiger partial charge in [0.1, 0.15) is 0 Å². The Hall–Kier alpha value is -2.05. The van der Waals surface area contributed by atoms with Gasteiger partial charge >= 0.3 is 0 Å². The number of piperidine rings is 1. The molecule has 0 aliphatic carbocycles. The summed E-state index contributed by atoms with van der Waals surface area (Å²) < 4.78 is 19.1. The van der Waals surface area contributed by atoms with Crippen LogP contribution >= 0.6 is 0 Å². The van der Waals surface area contributed by atoms with E-state index in [0.29, 0.717) is 12.6 Å². The van der Waals surface area contributed by atoms with Crippen molar-refractivity contribution in [2.75, 3.05) is 44.3 Å². The van der Waals surface area contributed by atoms with E-state index in [1.165, 1.54) is 18.0 Å². The van der Waals surface area contributed by atoms with Crippen LogP contribution < -0.4 is 4.90 Å². The molecule has 0 saturated carbocycles. The molecular formula is C20H25FN4O. The van der Waals surface area contributed by atoms with Gasteiger partial charge in [0.25, 0.3) is 0 Å². The molecule has 0 amide bonds. The lowest BCUT2D eigenvalue weighted by molar-refractivity contribution is 0.0106. The van der Waals surface area contributed by atoms with Crippen LogP contribution in [-0.2, 0) is 11.3 Å². The second-order valence-corrected chi connectivity index (χ2v) is 7.48. The molecule has 2 aliphatic rings. The third-order valence-electron chi connectivity index (χ3n) is 5.32. The molecule has 2 aromatic rings. The quantitative estimate of drug-likeness (QED) is 0.846. The van der Waals surface area contributed by atoms with Crippen molar-refractivity contribution in [2.45, 2.75) is 19.4 Å². The van der Waals surface area contributed by atoms with Crippen molar-refractivity contribution in [3.63, 3.8) is 0 Å². The molecule has 2 fully saturated rings. The van der Waals surface area contributed by atoms with Crippen molar-refractivity contribution in [3.05, 3.63) is 54.1 Å². The van der Waals surface area contributed by atoms with Crippen molar-refractivity contribution < 1.29 is 9.13 Å². The van der Waals surface area contributed by atoms with Crippen LogP contribution in [-0.4, -0.2) is 54.3 Å². The van der Waals surface area contributed by atoms with Crippen molar-refractivity contribution in [1.82, 2.24) is 14.9 Å². The van der Waals surface area contributed by atoms with Crippen LogP contribution in [0, 0.1) is 11.2 Å². The van der Waals surface area contributed by atoms with E-state index in [2.05, 4.69) is 50.1 Å². The van der Waals surface area contributed by atoms with E-state index in [1.807, 2.05) is 0 Å². The molecule has 2 saturated heterocycles. The first-order valence-corrected chi connectivity index (χ1v) is 9.29. The van der Waals surface area contributed by atoms with E-state index in [-0.39, 0.29) is 5.41 Å². The minimum Gasteiger partial charge on any atom is -0.379 e. The number of anilines is 1. The Kier molecular flexibility index (Phi) is 5.13. The van der Waals surface area contributed by atoms with Crippen molar-refractivity contribution >= 4 is 5.95 Å². The summed E-state index contributed by atoms with van der Waals surface area (Å²) in [6.07, 6.45) is 4.77. The molecule has 3 heterocycles. The molecule has 1 aromatic heterocycles. The second-order valence-electron chi connectivity index (χ2n) is 7.48. The average molecular weight is 356 g/mol. The number of hydrogen-bond acceptors (Lipinski definition) is 5. The molecule has 0 N–H and O–H groups in total. The lowest BCUT2D eigenvalue weighted by Crippen LogP contribution is -2.50. The summed E-state index contributed by atoms with van der Waals surface area (Å²) in [7, 11) is 0. The number of rotatable bonds is 3. The van der Waals surface area contributed by atoms with Crippen LogP contribution in [0.1, 0.15) is 18.4 Å². The predicted molar refractivity (Wildman–Crippen MR) is 98.4 cm³/mol. The van der Waals surface area contributed by atoms with Crippen molar-refractivity contribution in [3.8, 4) is 0 Å². The van der Waals surface area contributed by atoms with E-state index in [1.54, 1.807) is 0 Å². The number of likely N-dealkylation sites (tertiary alicyclic amines) is 1. The molecule has 1 aromatic carbocycles. The maximum absolute atomic E-state index is 13.2. The Morgan fingerprint density at radius 3 is 2.69 bits per heavy atom. The van der Waals surface area contributed by atoms with Crippen molar-refractivity contribution in [2.24, 2.45) is 5.41 Å². The number of hydrogen-bond donors (Lipinski definition) is 0. The van der Waals surface area contributed by atoms with Gasteiger partial charge in [-0.2, -0.15) is 0 Å². The Bertz CT molecular complexity index is 712. The van der Waals surface area contributed by atoms with Gasteiger partial charge in [-0.3, -0.25) is 4.90 Å². The van der Waals surface area contributed by atoms with Gasteiger partial charge in [0, 0.05) is 31.6 Å². The number of aromatic nitrogens is 2. The first-order valence-electron chi connectivity index (χ1n) is 9.29. The molecule has 138 valence electrons. The summed E-state index contributed by atoms with van der Waals surface area (Å²) in [6, 6.07) is 10.6. The Morgan fingerprint density at radius 1 is 1.08 bits per heavy atom. The molecule has 5 nitrogen and oxygen atoms in total. The van der Waals surface area contributed by atoms with Gasteiger partial charge in [-0.05, 0) is 24.9 Å². The van der Waals surface area contributed by atoms with Crippen molar-refractivity contribution in [1.29, 1.82) is 0 Å². The van der Waals surface area contributed by atoms with E-state index in [4.69, 9.17) is 4.74 Å². The third-order valence-corrected chi connectivity index (χ3v) is 5.32. The fourth-order valence-corrected chi connectivity index (χ4v) is 4.17. The summed E-state index contributed by atoms with van der Waals surface area (Å²) in [5.41, 5.74) is 1.42. The van der Waals surface area contributed by atoms with Gasteiger partial charge in [0.05, 0.1) is 25.6 Å². The molecular weight excluding hydrogens is 331 g/mol. The third kappa shape index (κ3) is 4.02. The highest BCUT2D eigenvalue weighted by Gasteiger charge is 2.39. The smallest absolute Gasteiger partial charge is 0.225 e. The van der Waals surface area contributed by atoms with Crippen LogP contribution in [0.25, 0.3) is 0 Å². The van der Waals surface area contributed by atoms with Crippen LogP contribution in [0.3, 0.4) is 0 Å². The molecule has 6 heteroatoms. The van der Waals surface area contributed by atoms with Crippen LogP contribution in [0.2, 0.25) is 0 Å². The SMILES string of the molecule is Fc1cnc(N2CCOCC3(CCCN(Cc4ccccc4)C3)C2)nc1. The summed E-state index contributed by atoms with van der Waals surface area (Å²) in [4.78, 5) is 13.0. The topological polar surface area (TPSA) is 41.5 Å². The normalized spacial score (nSPS) is 24.6. The summed E-state index contributed by atoms with van der Waals surface area (Å²) in [5, 5.41) is 0. The van der Waals surface area contributed by atoms with Gasteiger partial charge in [-0.1, -0.05) is 30.3 Å². The van der Waals surface area contributed by atoms with Crippen LogP contribution in [0.15, 0.2) is 42.7 Å². The highest BCUT2D eigenvalue weighted by atomic mass is 19.1. The number of nitrogens with zero attached hydrogens (tertiary/aromatic N) is 4. The summed E-state index contributed by atoms with van der Waals surface area (Å²) in [6.45, 7) is 6.09. The molecule has 2 aliphatic heterocycles. The zero-order chi connectivity index (χ0) is 17.8. The molecule has 1 unspecified atom stereocenters. The van der Waals surface area contributed by atoms with Crippen LogP contribution in [0.4, 0.5) is 10.3 Å². The number of benzene rings is 1. The van der Waals surface area contributed by atoms with Crippen LogP contribution in [0.5, 0.6) is 0 Å². The Morgan fingerprint density at radius 2 is 1.88 bits per heavy atom. The monoisotopic (exact) mass is 356 g/mol. The lowest BCUT2D eigenvalue weighted by Gasteiger charge is -2.43. The molecule has 0 bridgehead atoms. The summed E-state index contributed by atoms with van der Waals surface area (Å²) >= 11 is 0. The molecule has 26 heavy (non-hydrogen) atoms. The zero-order valence-corrected chi connectivity index (χ0v) is 15.0. The van der Waals surface area contributed by atoms with Gasteiger partial charge in [-0.25, -0.2) is 14.4 Å². The first kappa shape index (κ1) is 17.4. The fourth-order valence-electron chi connectivity index (χ4n) is 4.17. The average Bonchev–Trinajstić information content (AvgIpc) is 2.86. The van der Waals surface area contributed by atoms with Gasteiger partial charge in [0.2, 0.25) is 5.95 Å². The summed E-state index contributed by atoms with van der Waals surface area (Å²) in [5.74, 6) is 0.192.